The molecule has 0 aliphatic heterocycles. The number of furan rings is 1. The molecule has 0 radical (unpaired) electrons. The van der Waals surface area contributed by atoms with E-state index in [1.54, 1.807) is 0 Å². The first-order valence-corrected chi connectivity index (χ1v) is 7.39. The second kappa shape index (κ2) is 5.92. The Labute approximate surface area is 111 Å². The van der Waals surface area contributed by atoms with Crippen LogP contribution in [0.4, 0.5) is 0 Å². The van der Waals surface area contributed by atoms with E-state index in [0.29, 0.717) is 6.04 Å². The van der Waals surface area contributed by atoms with Crippen LogP contribution in [0.2, 0.25) is 0 Å². The lowest BCUT2D eigenvalue weighted by molar-refractivity contribution is 0.176. The van der Waals surface area contributed by atoms with E-state index in [1.807, 2.05) is 6.26 Å². The van der Waals surface area contributed by atoms with Crippen molar-refractivity contribution in [1.82, 2.24) is 5.32 Å². The second-order valence-corrected chi connectivity index (χ2v) is 6.15. The van der Waals surface area contributed by atoms with Gasteiger partial charge >= 0.3 is 0 Å². The van der Waals surface area contributed by atoms with Gasteiger partial charge in [-0.25, -0.2) is 0 Å². The van der Waals surface area contributed by atoms with Crippen LogP contribution in [0.5, 0.6) is 0 Å². The second-order valence-electron chi connectivity index (χ2n) is 6.15. The van der Waals surface area contributed by atoms with Crippen molar-refractivity contribution < 1.29 is 4.42 Å². The van der Waals surface area contributed by atoms with Crippen molar-refractivity contribution >= 4 is 0 Å². The van der Waals surface area contributed by atoms with Gasteiger partial charge < -0.3 is 9.73 Å². The fourth-order valence-electron chi connectivity index (χ4n) is 3.75. The summed E-state index contributed by atoms with van der Waals surface area (Å²) in [6.07, 6.45) is 5.89. The summed E-state index contributed by atoms with van der Waals surface area (Å²) in [6, 6.07) is 2.62. The zero-order valence-electron chi connectivity index (χ0n) is 12.2. The summed E-state index contributed by atoms with van der Waals surface area (Å²) >= 11 is 0. The molecular formula is C16H27NO. The van der Waals surface area contributed by atoms with E-state index in [2.05, 4.69) is 39.1 Å². The maximum absolute atomic E-state index is 5.50. The third kappa shape index (κ3) is 2.97. The summed E-state index contributed by atoms with van der Waals surface area (Å²) in [5.74, 6) is 3.53. The van der Waals surface area contributed by atoms with Crippen LogP contribution >= 0.6 is 0 Å². The molecule has 18 heavy (non-hydrogen) atoms. The van der Waals surface area contributed by atoms with Gasteiger partial charge in [0.15, 0.2) is 0 Å². The van der Waals surface area contributed by atoms with E-state index < -0.39 is 0 Å². The van der Waals surface area contributed by atoms with Gasteiger partial charge in [-0.05, 0) is 56.6 Å². The molecule has 2 nitrogen and oxygen atoms in total. The minimum atomic E-state index is 0.471. The van der Waals surface area contributed by atoms with Crippen molar-refractivity contribution in [3.8, 4) is 0 Å². The summed E-state index contributed by atoms with van der Waals surface area (Å²) in [7, 11) is 0. The number of aryl methyl sites for hydroxylation is 1. The Bertz CT molecular complexity index is 361. The van der Waals surface area contributed by atoms with Gasteiger partial charge in [-0.2, -0.15) is 0 Å². The summed E-state index contributed by atoms with van der Waals surface area (Å²) in [4.78, 5) is 0. The quantitative estimate of drug-likeness (QED) is 0.860. The normalized spacial score (nSPS) is 30.3. The predicted octanol–water partition coefficient (Wildman–Crippen LogP) is 4.31. The highest BCUT2D eigenvalue weighted by Gasteiger charge is 2.31. The largest absolute Gasteiger partial charge is 0.469 e. The third-order valence-corrected chi connectivity index (χ3v) is 4.34. The van der Waals surface area contributed by atoms with E-state index >= 15 is 0 Å². The molecule has 3 atom stereocenters. The van der Waals surface area contributed by atoms with Gasteiger partial charge in [-0.1, -0.05) is 20.8 Å². The van der Waals surface area contributed by atoms with E-state index in [9.17, 15) is 0 Å². The molecule has 1 aliphatic rings. The van der Waals surface area contributed by atoms with Gasteiger partial charge in [0.05, 0.1) is 6.26 Å². The minimum absolute atomic E-state index is 0.471. The number of hydrogen-bond donors (Lipinski definition) is 1. The van der Waals surface area contributed by atoms with E-state index in [1.165, 1.54) is 24.8 Å². The summed E-state index contributed by atoms with van der Waals surface area (Å²) in [5, 5.41) is 3.68. The lowest BCUT2D eigenvalue weighted by Crippen LogP contribution is -2.33. The Morgan fingerprint density at radius 2 is 1.94 bits per heavy atom. The van der Waals surface area contributed by atoms with Crippen LogP contribution in [0.15, 0.2) is 16.7 Å². The van der Waals surface area contributed by atoms with E-state index in [0.717, 1.165) is 30.1 Å². The van der Waals surface area contributed by atoms with E-state index in [4.69, 9.17) is 4.42 Å². The van der Waals surface area contributed by atoms with Crippen molar-refractivity contribution in [2.75, 3.05) is 6.54 Å². The van der Waals surface area contributed by atoms with Crippen LogP contribution in [0.3, 0.4) is 0 Å². The molecule has 1 fully saturated rings. The molecule has 1 heterocycles. The average molecular weight is 249 g/mol. The van der Waals surface area contributed by atoms with Crippen molar-refractivity contribution in [3.05, 3.63) is 23.7 Å². The average Bonchev–Trinajstić information content (AvgIpc) is 2.71. The SMILES string of the molecule is CCNC(c1ccoc1C)C1CC(C)CC(C)C1. The summed E-state index contributed by atoms with van der Waals surface area (Å²) in [6.45, 7) is 10.1. The molecule has 1 aromatic rings. The van der Waals surface area contributed by atoms with Gasteiger partial charge in [-0.15, -0.1) is 0 Å². The maximum Gasteiger partial charge on any atom is 0.105 e. The number of rotatable bonds is 4. The van der Waals surface area contributed by atoms with Crippen molar-refractivity contribution in [3.63, 3.8) is 0 Å². The highest BCUT2D eigenvalue weighted by molar-refractivity contribution is 5.21. The fraction of sp³-hybridized carbons (Fsp3) is 0.750. The molecule has 3 unspecified atom stereocenters. The molecule has 1 aliphatic carbocycles. The number of nitrogens with one attached hydrogen (secondary N) is 1. The van der Waals surface area contributed by atoms with Gasteiger partial charge in [-0.3, -0.25) is 0 Å². The van der Waals surface area contributed by atoms with Crippen molar-refractivity contribution in [2.24, 2.45) is 17.8 Å². The predicted molar refractivity (Wildman–Crippen MR) is 75.5 cm³/mol. The lowest BCUT2D eigenvalue weighted by Gasteiger charge is -2.37. The molecule has 0 bridgehead atoms. The first kappa shape index (κ1) is 13.7. The molecule has 0 amide bonds. The van der Waals surface area contributed by atoms with Crippen LogP contribution in [0.25, 0.3) is 0 Å². The molecule has 1 aromatic heterocycles. The molecule has 1 N–H and O–H groups in total. The first-order valence-electron chi connectivity index (χ1n) is 7.39. The molecule has 0 saturated heterocycles. The zero-order chi connectivity index (χ0) is 13.1. The van der Waals surface area contributed by atoms with E-state index in [-0.39, 0.29) is 0 Å². The summed E-state index contributed by atoms with van der Waals surface area (Å²) in [5.41, 5.74) is 1.36. The first-order chi connectivity index (χ1) is 8.61. The van der Waals surface area contributed by atoms with Crippen LogP contribution < -0.4 is 5.32 Å². The Balaban J connectivity index is 2.17. The Morgan fingerprint density at radius 1 is 1.28 bits per heavy atom. The topological polar surface area (TPSA) is 25.2 Å². The van der Waals surface area contributed by atoms with Gasteiger partial charge in [0.1, 0.15) is 5.76 Å². The standard InChI is InChI=1S/C16H27NO/c1-5-17-16(15-6-7-18-13(15)4)14-9-11(2)8-12(3)10-14/h6-7,11-12,14,16-17H,5,8-10H2,1-4H3. The van der Waals surface area contributed by atoms with Crippen LogP contribution in [0, 0.1) is 24.7 Å². The number of hydrogen-bond acceptors (Lipinski definition) is 2. The molecule has 102 valence electrons. The molecule has 2 rings (SSSR count). The summed E-state index contributed by atoms with van der Waals surface area (Å²) < 4.78 is 5.50. The molecule has 2 heteroatoms. The fourth-order valence-corrected chi connectivity index (χ4v) is 3.75. The highest BCUT2D eigenvalue weighted by Crippen LogP contribution is 2.40. The lowest BCUT2D eigenvalue weighted by atomic mass is 9.72. The van der Waals surface area contributed by atoms with Crippen LogP contribution in [0.1, 0.15) is 57.4 Å². The maximum atomic E-state index is 5.50. The van der Waals surface area contributed by atoms with Gasteiger partial charge in [0, 0.05) is 11.6 Å². The molecule has 0 aromatic carbocycles. The van der Waals surface area contributed by atoms with Gasteiger partial charge in [0.25, 0.3) is 0 Å². The third-order valence-electron chi connectivity index (χ3n) is 4.34. The smallest absolute Gasteiger partial charge is 0.105 e. The zero-order valence-corrected chi connectivity index (χ0v) is 12.2. The van der Waals surface area contributed by atoms with Crippen LogP contribution in [-0.4, -0.2) is 6.54 Å². The Kier molecular flexibility index (Phi) is 4.50. The Morgan fingerprint density at radius 3 is 2.44 bits per heavy atom. The van der Waals surface area contributed by atoms with Crippen molar-refractivity contribution in [2.45, 2.75) is 53.0 Å². The minimum Gasteiger partial charge on any atom is -0.469 e. The molecular weight excluding hydrogens is 222 g/mol. The molecule has 0 spiro atoms. The van der Waals surface area contributed by atoms with Crippen molar-refractivity contribution in [1.29, 1.82) is 0 Å². The Hall–Kier alpha value is -0.760. The van der Waals surface area contributed by atoms with Crippen LogP contribution in [-0.2, 0) is 0 Å². The molecule has 1 saturated carbocycles. The monoisotopic (exact) mass is 249 g/mol. The van der Waals surface area contributed by atoms with Gasteiger partial charge in [0.2, 0.25) is 0 Å². The highest BCUT2D eigenvalue weighted by atomic mass is 16.3.